The molecule has 4 amide bonds. The molecule has 2 aromatic heterocycles. The highest BCUT2D eigenvalue weighted by Crippen LogP contribution is 2.28. The zero-order valence-corrected chi connectivity index (χ0v) is 22.4. The Morgan fingerprint density at radius 3 is 1.90 bits per heavy atom. The zero-order chi connectivity index (χ0) is 27.9. The van der Waals surface area contributed by atoms with E-state index < -0.39 is 12.1 Å². The number of aromatic nitrogens is 2. The molecule has 0 atom stereocenters. The van der Waals surface area contributed by atoms with Crippen LogP contribution in [0.25, 0.3) is 22.3 Å². The van der Waals surface area contributed by atoms with Gasteiger partial charge < -0.3 is 20.3 Å². The number of rotatable bonds is 5. The largest absolute Gasteiger partial charge is 0.378 e. The molecule has 1 aliphatic heterocycles. The average molecular weight is 538 g/mol. The zero-order valence-electron chi connectivity index (χ0n) is 22.4. The molecular formula is C30H31N7O3. The van der Waals surface area contributed by atoms with E-state index in [1.165, 1.54) is 0 Å². The van der Waals surface area contributed by atoms with E-state index in [0.29, 0.717) is 24.6 Å². The summed E-state index contributed by atoms with van der Waals surface area (Å²) in [5.74, 6) is 0.918. The highest BCUT2D eigenvalue weighted by Gasteiger charge is 2.13. The number of benzene rings is 2. The van der Waals surface area contributed by atoms with Crippen LogP contribution >= 0.6 is 0 Å². The van der Waals surface area contributed by atoms with Crippen LogP contribution in [0.5, 0.6) is 0 Å². The first-order valence-electron chi connectivity index (χ1n) is 13.0. The topological polar surface area (TPSA) is 121 Å². The maximum Gasteiger partial charge on any atom is 0.337 e. The van der Waals surface area contributed by atoms with E-state index in [-0.39, 0.29) is 0 Å². The molecule has 2 aromatic carbocycles. The number of morpholine rings is 1. The SMILES string of the molecule is Cc1ccc(NC(=O)NNC(=O)Nc2ccc(C)c(-c3ccc(N4CCOCC4)nc3)c2)cc1-c1cccnc1. The number of aryl methyl sites for hydroxylation is 2. The van der Waals surface area contributed by atoms with Crippen LogP contribution in [0.1, 0.15) is 11.1 Å². The van der Waals surface area contributed by atoms with Crippen molar-refractivity contribution in [3.05, 3.63) is 90.4 Å². The van der Waals surface area contributed by atoms with Crippen LogP contribution in [0.2, 0.25) is 0 Å². The number of hydrogen-bond donors (Lipinski definition) is 4. The van der Waals surface area contributed by atoms with Crippen LogP contribution in [0.3, 0.4) is 0 Å². The lowest BCUT2D eigenvalue weighted by Crippen LogP contribution is -2.45. The second-order valence-electron chi connectivity index (χ2n) is 9.46. The molecule has 1 fully saturated rings. The number of pyridine rings is 2. The van der Waals surface area contributed by atoms with Crippen molar-refractivity contribution in [1.82, 2.24) is 20.8 Å². The molecule has 0 radical (unpaired) electrons. The second kappa shape index (κ2) is 12.3. The first-order chi connectivity index (χ1) is 19.5. The highest BCUT2D eigenvalue weighted by atomic mass is 16.5. The van der Waals surface area contributed by atoms with Crippen LogP contribution in [-0.4, -0.2) is 48.3 Å². The fourth-order valence-corrected chi connectivity index (χ4v) is 4.51. The number of hydrazine groups is 1. The van der Waals surface area contributed by atoms with Crippen molar-refractivity contribution in [2.24, 2.45) is 0 Å². The third-order valence-electron chi connectivity index (χ3n) is 6.65. The van der Waals surface area contributed by atoms with Crippen molar-refractivity contribution < 1.29 is 14.3 Å². The number of carbonyl (C=O) groups is 2. The molecule has 4 N–H and O–H groups in total. The first kappa shape index (κ1) is 26.6. The van der Waals surface area contributed by atoms with E-state index >= 15 is 0 Å². The van der Waals surface area contributed by atoms with Gasteiger partial charge in [0.2, 0.25) is 0 Å². The Bertz CT molecular complexity index is 1490. The molecule has 10 nitrogen and oxygen atoms in total. The molecule has 3 heterocycles. The normalized spacial score (nSPS) is 12.9. The van der Waals surface area contributed by atoms with Gasteiger partial charge in [-0.15, -0.1) is 0 Å². The number of anilines is 3. The molecule has 204 valence electrons. The maximum atomic E-state index is 12.5. The van der Waals surface area contributed by atoms with Gasteiger partial charge in [-0.2, -0.15) is 0 Å². The first-order valence-corrected chi connectivity index (χ1v) is 13.0. The lowest BCUT2D eigenvalue weighted by atomic mass is 10.0. The molecular weight excluding hydrogens is 506 g/mol. The summed E-state index contributed by atoms with van der Waals surface area (Å²) in [5.41, 5.74) is 11.8. The predicted molar refractivity (Wildman–Crippen MR) is 156 cm³/mol. The van der Waals surface area contributed by atoms with Crippen LogP contribution < -0.4 is 26.4 Å². The van der Waals surface area contributed by atoms with Gasteiger partial charge in [0.15, 0.2) is 0 Å². The van der Waals surface area contributed by atoms with Crippen molar-refractivity contribution in [1.29, 1.82) is 0 Å². The van der Waals surface area contributed by atoms with E-state index in [4.69, 9.17) is 4.74 Å². The van der Waals surface area contributed by atoms with Gasteiger partial charge in [0.05, 0.1) is 13.2 Å². The number of nitrogens with zero attached hydrogens (tertiary/aromatic N) is 3. The minimum atomic E-state index is -0.578. The lowest BCUT2D eigenvalue weighted by Gasteiger charge is -2.27. The maximum absolute atomic E-state index is 12.5. The molecule has 10 heteroatoms. The van der Waals surface area contributed by atoms with Gasteiger partial charge in [-0.3, -0.25) is 4.98 Å². The van der Waals surface area contributed by atoms with Gasteiger partial charge in [-0.25, -0.2) is 25.4 Å². The molecule has 0 aliphatic carbocycles. The molecule has 0 spiro atoms. The summed E-state index contributed by atoms with van der Waals surface area (Å²) < 4.78 is 5.42. The summed E-state index contributed by atoms with van der Waals surface area (Å²) in [6.07, 6.45) is 5.32. The number of hydrogen-bond acceptors (Lipinski definition) is 6. The van der Waals surface area contributed by atoms with Gasteiger partial charge in [0.25, 0.3) is 0 Å². The smallest absolute Gasteiger partial charge is 0.337 e. The molecule has 0 bridgehead atoms. The molecule has 1 saturated heterocycles. The van der Waals surface area contributed by atoms with Crippen LogP contribution in [0.4, 0.5) is 26.8 Å². The van der Waals surface area contributed by atoms with Crippen molar-refractivity contribution in [3.63, 3.8) is 0 Å². The van der Waals surface area contributed by atoms with Crippen LogP contribution in [0.15, 0.2) is 79.3 Å². The van der Waals surface area contributed by atoms with E-state index in [1.54, 1.807) is 24.5 Å². The molecule has 0 saturated carbocycles. The van der Waals surface area contributed by atoms with E-state index in [2.05, 4.69) is 36.4 Å². The van der Waals surface area contributed by atoms with Crippen molar-refractivity contribution >= 4 is 29.3 Å². The summed E-state index contributed by atoms with van der Waals surface area (Å²) in [4.78, 5) is 35.9. The van der Waals surface area contributed by atoms with Gasteiger partial charge in [0.1, 0.15) is 5.82 Å². The second-order valence-corrected chi connectivity index (χ2v) is 9.46. The van der Waals surface area contributed by atoms with Crippen molar-refractivity contribution in [3.8, 4) is 22.3 Å². The Morgan fingerprint density at radius 1 is 0.775 bits per heavy atom. The van der Waals surface area contributed by atoms with Gasteiger partial charge in [-0.05, 0) is 78.6 Å². The number of amides is 4. The van der Waals surface area contributed by atoms with Crippen LogP contribution in [-0.2, 0) is 4.74 Å². The fourth-order valence-electron chi connectivity index (χ4n) is 4.51. The van der Waals surface area contributed by atoms with Gasteiger partial charge in [0, 0.05) is 54.2 Å². The standard InChI is InChI=1S/C30H31N7O3/c1-20-5-8-24(16-26(20)22-4-3-11-31-18-22)33-29(38)35-36-30(39)34-25-9-6-21(2)27(17-25)23-7-10-28(32-19-23)37-12-14-40-15-13-37/h3-11,16-19H,12-15H2,1-2H3,(H2,33,35,38)(H2,34,36,39). The predicted octanol–water partition coefficient (Wildman–Crippen LogP) is 5.12. The monoisotopic (exact) mass is 537 g/mol. The Labute approximate surface area is 232 Å². The minimum absolute atomic E-state index is 0.577. The Kier molecular flexibility index (Phi) is 8.17. The summed E-state index contributed by atoms with van der Waals surface area (Å²) in [6.45, 7) is 7.05. The number of carbonyl (C=O) groups excluding carboxylic acids is 2. The Balaban J connectivity index is 1.17. The lowest BCUT2D eigenvalue weighted by molar-refractivity contribution is 0.122. The molecule has 4 aromatic rings. The third-order valence-corrected chi connectivity index (χ3v) is 6.65. The van der Waals surface area contributed by atoms with E-state index in [0.717, 1.165) is 52.3 Å². The average Bonchev–Trinajstić information content (AvgIpc) is 2.99. The van der Waals surface area contributed by atoms with Crippen molar-refractivity contribution in [2.75, 3.05) is 41.8 Å². The van der Waals surface area contributed by atoms with Gasteiger partial charge in [-0.1, -0.05) is 18.2 Å². The third kappa shape index (κ3) is 6.54. The minimum Gasteiger partial charge on any atom is -0.378 e. The van der Waals surface area contributed by atoms with E-state index in [9.17, 15) is 9.59 Å². The molecule has 1 aliphatic rings. The molecule has 0 unspecified atom stereocenters. The summed E-state index contributed by atoms with van der Waals surface area (Å²) in [5, 5.41) is 5.49. The molecule has 5 rings (SSSR count). The Hall–Kier alpha value is -4.96. The van der Waals surface area contributed by atoms with Crippen molar-refractivity contribution in [2.45, 2.75) is 13.8 Å². The van der Waals surface area contributed by atoms with Crippen LogP contribution in [0, 0.1) is 13.8 Å². The number of ether oxygens (including phenoxy) is 1. The molecule has 40 heavy (non-hydrogen) atoms. The summed E-state index contributed by atoms with van der Waals surface area (Å²) >= 11 is 0. The van der Waals surface area contributed by atoms with Gasteiger partial charge >= 0.3 is 12.1 Å². The highest BCUT2D eigenvalue weighted by molar-refractivity contribution is 5.95. The number of nitrogens with one attached hydrogen (secondary N) is 4. The summed E-state index contributed by atoms with van der Waals surface area (Å²) in [7, 11) is 0. The number of urea groups is 2. The fraction of sp³-hybridized carbons (Fsp3) is 0.200. The van der Waals surface area contributed by atoms with E-state index in [1.807, 2.05) is 68.6 Å². The quantitative estimate of drug-likeness (QED) is 0.262. The summed E-state index contributed by atoms with van der Waals surface area (Å²) in [6, 6.07) is 17.9. The Morgan fingerprint density at radius 2 is 1.38 bits per heavy atom.